The zero-order valence-electron chi connectivity index (χ0n) is 11.2. The van der Waals surface area contributed by atoms with Crippen LogP contribution < -0.4 is 5.32 Å². The largest absolute Gasteiger partial charge is 0.314 e. The molecule has 0 unspecified atom stereocenters. The summed E-state index contributed by atoms with van der Waals surface area (Å²) in [6.07, 6.45) is 7.61. The predicted octanol–water partition coefficient (Wildman–Crippen LogP) is 4.41. The van der Waals surface area contributed by atoms with Gasteiger partial charge in [-0.15, -0.1) is 11.3 Å². The van der Waals surface area contributed by atoms with Crippen molar-refractivity contribution in [1.29, 1.82) is 0 Å². The molecule has 0 bridgehead atoms. The van der Waals surface area contributed by atoms with E-state index in [0.717, 1.165) is 17.0 Å². The van der Waals surface area contributed by atoms with Crippen LogP contribution in [0.3, 0.4) is 0 Å². The normalized spacial score (nSPS) is 18.8. The lowest BCUT2D eigenvalue weighted by atomic mass is 9.79. The molecule has 1 heterocycles. The number of likely N-dealkylation sites (N-methyl/N-ethyl adjacent to an activating group) is 1. The number of hydrogen-bond acceptors (Lipinski definition) is 3. The molecule has 19 heavy (non-hydrogen) atoms. The second-order valence-corrected chi connectivity index (χ2v) is 7.04. The molecule has 0 spiro atoms. The Kier molecular flexibility index (Phi) is 3.79. The Morgan fingerprint density at radius 2 is 2.11 bits per heavy atom. The lowest BCUT2D eigenvalue weighted by Gasteiger charge is -2.36. The van der Waals surface area contributed by atoms with E-state index >= 15 is 0 Å². The molecule has 0 saturated heterocycles. The van der Waals surface area contributed by atoms with E-state index in [-0.39, 0.29) is 5.54 Å². The molecular weight excluding hydrogens is 276 g/mol. The topological polar surface area (TPSA) is 24.9 Å². The first-order valence-corrected chi connectivity index (χ1v) is 8.14. The molecule has 0 amide bonds. The number of fused-ring (bicyclic) bond motifs is 1. The summed E-state index contributed by atoms with van der Waals surface area (Å²) in [7, 11) is 2.09. The lowest BCUT2D eigenvalue weighted by Crippen LogP contribution is -2.46. The van der Waals surface area contributed by atoms with Crippen LogP contribution in [0.4, 0.5) is 0 Å². The molecule has 3 rings (SSSR count). The van der Waals surface area contributed by atoms with Crippen molar-refractivity contribution in [1.82, 2.24) is 10.3 Å². The Morgan fingerprint density at radius 3 is 2.84 bits per heavy atom. The second-order valence-electron chi connectivity index (χ2n) is 5.49. The van der Waals surface area contributed by atoms with E-state index in [1.807, 2.05) is 18.2 Å². The van der Waals surface area contributed by atoms with Gasteiger partial charge < -0.3 is 5.32 Å². The molecule has 0 aliphatic heterocycles. The van der Waals surface area contributed by atoms with Crippen LogP contribution in [0.15, 0.2) is 18.2 Å². The van der Waals surface area contributed by atoms with Crippen LogP contribution in [-0.4, -0.2) is 17.6 Å². The highest BCUT2D eigenvalue weighted by atomic mass is 35.5. The first-order valence-electron chi connectivity index (χ1n) is 6.95. The molecule has 2 nitrogen and oxygen atoms in total. The fraction of sp³-hybridized carbons (Fsp3) is 0.533. The predicted molar refractivity (Wildman–Crippen MR) is 83.2 cm³/mol. The summed E-state index contributed by atoms with van der Waals surface area (Å²) < 4.78 is 1.20. The monoisotopic (exact) mass is 294 g/mol. The Labute approximate surface area is 123 Å². The highest BCUT2D eigenvalue weighted by Crippen LogP contribution is 2.34. The third-order valence-electron chi connectivity index (χ3n) is 4.23. The van der Waals surface area contributed by atoms with Gasteiger partial charge in [-0.25, -0.2) is 4.98 Å². The minimum absolute atomic E-state index is 0.260. The highest BCUT2D eigenvalue weighted by Gasteiger charge is 2.31. The summed E-state index contributed by atoms with van der Waals surface area (Å²) in [5.74, 6) is 0. The quantitative estimate of drug-likeness (QED) is 0.907. The molecule has 1 fully saturated rings. The average Bonchev–Trinajstić information content (AvgIpc) is 2.81. The summed E-state index contributed by atoms with van der Waals surface area (Å²) in [4.78, 5) is 4.76. The molecule has 1 N–H and O–H groups in total. The van der Waals surface area contributed by atoms with Gasteiger partial charge in [-0.2, -0.15) is 0 Å². The van der Waals surface area contributed by atoms with E-state index in [1.165, 1.54) is 41.8 Å². The van der Waals surface area contributed by atoms with Crippen LogP contribution in [0, 0.1) is 0 Å². The molecule has 1 aromatic carbocycles. The van der Waals surface area contributed by atoms with Crippen molar-refractivity contribution in [2.24, 2.45) is 0 Å². The molecule has 1 aliphatic rings. The third kappa shape index (κ3) is 2.78. The first-order chi connectivity index (χ1) is 9.21. The summed E-state index contributed by atoms with van der Waals surface area (Å²) in [6.45, 7) is 0. The van der Waals surface area contributed by atoms with E-state index < -0.39 is 0 Å². The number of halogens is 1. The summed E-state index contributed by atoms with van der Waals surface area (Å²) in [6, 6.07) is 5.96. The van der Waals surface area contributed by atoms with Gasteiger partial charge in [-0.1, -0.05) is 30.9 Å². The van der Waals surface area contributed by atoms with Gasteiger partial charge in [0.05, 0.1) is 15.2 Å². The Hall–Kier alpha value is -0.640. The Balaban J connectivity index is 1.87. The van der Waals surface area contributed by atoms with E-state index in [9.17, 15) is 0 Å². The minimum Gasteiger partial charge on any atom is -0.314 e. The van der Waals surface area contributed by atoms with E-state index in [4.69, 9.17) is 16.6 Å². The number of aromatic nitrogens is 1. The van der Waals surface area contributed by atoms with Crippen molar-refractivity contribution in [2.75, 3.05) is 7.05 Å². The van der Waals surface area contributed by atoms with Gasteiger partial charge in [0.25, 0.3) is 0 Å². The van der Waals surface area contributed by atoms with E-state index in [0.29, 0.717) is 0 Å². The lowest BCUT2D eigenvalue weighted by molar-refractivity contribution is 0.244. The van der Waals surface area contributed by atoms with Gasteiger partial charge in [0.15, 0.2) is 0 Å². The van der Waals surface area contributed by atoms with Crippen LogP contribution in [-0.2, 0) is 6.42 Å². The molecule has 0 atom stereocenters. The molecule has 102 valence electrons. The summed E-state index contributed by atoms with van der Waals surface area (Å²) >= 11 is 7.82. The molecule has 4 heteroatoms. The fourth-order valence-electron chi connectivity index (χ4n) is 3.05. The summed E-state index contributed by atoms with van der Waals surface area (Å²) in [5.41, 5.74) is 1.34. The van der Waals surface area contributed by atoms with Crippen molar-refractivity contribution in [3.05, 3.63) is 28.2 Å². The number of benzene rings is 1. The van der Waals surface area contributed by atoms with Gasteiger partial charge in [-0.05, 0) is 38.1 Å². The molecule has 2 aromatic rings. The number of thiazole rings is 1. The summed E-state index contributed by atoms with van der Waals surface area (Å²) in [5, 5.41) is 5.59. The molecule has 1 aromatic heterocycles. The zero-order chi connectivity index (χ0) is 13.3. The van der Waals surface area contributed by atoms with Crippen LogP contribution in [0.2, 0.25) is 5.02 Å². The van der Waals surface area contributed by atoms with E-state index in [1.54, 1.807) is 11.3 Å². The number of nitrogens with zero attached hydrogens (tertiary/aromatic N) is 1. The van der Waals surface area contributed by atoms with Crippen LogP contribution >= 0.6 is 22.9 Å². The maximum atomic E-state index is 6.04. The number of rotatable bonds is 3. The number of nitrogens with one attached hydrogen (secondary N) is 1. The van der Waals surface area contributed by atoms with Crippen LogP contribution in [0.5, 0.6) is 0 Å². The molecule has 0 radical (unpaired) electrons. The molecule has 1 saturated carbocycles. The van der Waals surface area contributed by atoms with Crippen molar-refractivity contribution in [3.8, 4) is 0 Å². The maximum Gasteiger partial charge on any atom is 0.0957 e. The second kappa shape index (κ2) is 5.39. The SMILES string of the molecule is CNC1(Cc2nc3ccc(Cl)cc3s2)CCCCC1. The van der Waals surface area contributed by atoms with Gasteiger partial charge in [0.1, 0.15) is 0 Å². The van der Waals surface area contributed by atoms with Gasteiger partial charge >= 0.3 is 0 Å². The Morgan fingerprint density at radius 1 is 1.32 bits per heavy atom. The maximum absolute atomic E-state index is 6.04. The van der Waals surface area contributed by atoms with Crippen LogP contribution in [0.1, 0.15) is 37.1 Å². The van der Waals surface area contributed by atoms with Crippen molar-refractivity contribution >= 4 is 33.2 Å². The minimum atomic E-state index is 0.260. The van der Waals surface area contributed by atoms with Gasteiger partial charge in [0.2, 0.25) is 0 Å². The standard InChI is InChI=1S/C15H19ClN2S/c1-17-15(7-3-2-4-8-15)10-14-18-12-6-5-11(16)9-13(12)19-14/h5-6,9,17H,2-4,7-8,10H2,1H3. The van der Waals surface area contributed by atoms with Gasteiger partial charge in [0, 0.05) is 17.0 Å². The van der Waals surface area contributed by atoms with Crippen molar-refractivity contribution < 1.29 is 0 Å². The average molecular weight is 295 g/mol. The van der Waals surface area contributed by atoms with Gasteiger partial charge in [-0.3, -0.25) is 0 Å². The highest BCUT2D eigenvalue weighted by molar-refractivity contribution is 7.18. The smallest absolute Gasteiger partial charge is 0.0957 e. The molecular formula is C15H19ClN2S. The van der Waals surface area contributed by atoms with E-state index in [2.05, 4.69) is 12.4 Å². The van der Waals surface area contributed by atoms with Crippen molar-refractivity contribution in [3.63, 3.8) is 0 Å². The van der Waals surface area contributed by atoms with Crippen molar-refractivity contribution in [2.45, 2.75) is 44.1 Å². The first kappa shape index (κ1) is 13.3. The fourth-order valence-corrected chi connectivity index (χ4v) is 4.44. The number of hydrogen-bond donors (Lipinski definition) is 1. The zero-order valence-corrected chi connectivity index (χ0v) is 12.8. The molecule has 1 aliphatic carbocycles. The Bertz CT molecular complexity index is 573. The third-order valence-corrected chi connectivity index (χ3v) is 5.48. The van der Waals surface area contributed by atoms with Crippen LogP contribution in [0.25, 0.3) is 10.2 Å².